The van der Waals surface area contributed by atoms with Gasteiger partial charge < -0.3 is 4.57 Å². The van der Waals surface area contributed by atoms with Gasteiger partial charge >= 0.3 is 0 Å². The van der Waals surface area contributed by atoms with E-state index in [9.17, 15) is 4.79 Å². The second kappa shape index (κ2) is 4.72. The van der Waals surface area contributed by atoms with Gasteiger partial charge in [-0.2, -0.15) is 0 Å². The first-order valence-corrected chi connectivity index (χ1v) is 7.42. The zero-order chi connectivity index (χ0) is 12.5. The number of alkyl halides is 1. The van der Waals surface area contributed by atoms with E-state index in [2.05, 4.69) is 27.2 Å². The van der Waals surface area contributed by atoms with E-state index in [1.54, 1.807) is 0 Å². The first-order chi connectivity index (χ1) is 8.83. The molecule has 0 saturated carbocycles. The SMILES string of the molecule is O=c1c2ccccc2n(CCI)c2ccccc12. The Morgan fingerprint density at radius 3 is 1.89 bits per heavy atom. The minimum Gasteiger partial charge on any atom is -0.340 e. The van der Waals surface area contributed by atoms with Crippen LogP contribution in [-0.4, -0.2) is 8.99 Å². The van der Waals surface area contributed by atoms with E-state index in [1.165, 1.54) is 0 Å². The molecule has 0 aliphatic carbocycles. The van der Waals surface area contributed by atoms with Gasteiger partial charge in [0.05, 0.1) is 11.0 Å². The lowest BCUT2D eigenvalue weighted by Gasteiger charge is -2.13. The van der Waals surface area contributed by atoms with Crippen molar-refractivity contribution in [2.24, 2.45) is 0 Å². The summed E-state index contributed by atoms with van der Waals surface area (Å²) in [6, 6.07) is 15.7. The summed E-state index contributed by atoms with van der Waals surface area (Å²) in [5.74, 6) is 0. The molecule has 1 aromatic heterocycles. The van der Waals surface area contributed by atoms with E-state index in [4.69, 9.17) is 0 Å². The van der Waals surface area contributed by atoms with Crippen molar-refractivity contribution < 1.29 is 0 Å². The van der Waals surface area contributed by atoms with Crippen LogP contribution in [0.4, 0.5) is 0 Å². The molecule has 0 N–H and O–H groups in total. The molecule has 18 heavy (non-hydrogen) atoms. The van der Waals surface area contributed by atoms with Gasteiger partial charge in [-0.15, -0.1) is 0 Å². The summed E-state index contributed by atoms with van der Waals surface area (Å²) in [6.07, 6.45) is 0. The Morgan fingerprint density at radius 1 is 0.889 bits per heavy atom. The van der Waals surface area contributed by atoms with Crippen molar-refractivity contribution >= 4 is 44.4 Å². The molecular weight excluding hydrogens is 337 g/mol. The summed E-state index contributed by atoms with van der Waals surface area (Å²) in [6.45, 7) is 0.919. The van der Waals surface area contributed by atoms with Crippen molar-refractivity contribution in [3.8, 4) is 0 Å². The maximum atomic E-state index is 12.4. The number of nitrogens with zero attached hydrogens (tertiary/aromatic N) is 1. The predicted molar refractivity (Wildman–Crippen MR) is 84.6 cm³/mol. The van der Waals surface area contributed by atoms with Crippen molar-refractivity contribution in [2.45, 2.75) is 6.54 Å². The topological polar surface area (TPSA) is 22.0 Å². The van der Waals surface area contributed by atoms with Crippen LogP contribution in [0.2, 0.25) is 0 Å². The number of benzene rings is 2. The van der Waals surface area contributed by atoms with E-state index in [-0.39, 0.29) is 5.43 Å². The number of fused-ring (bicyclic) bond motifs is 2. The minimum atomic E-state index is 0.130. The Kier molecular flexibility index (Phi) is 3.07. The van der Waals surface area contributed by atoms with Crippen molar-refractivity contribution in [3.63, 3.8) is 0 Å². The van der Waals surface area contributed by atoms with E-state index in [0.717, 1.165) is 32.8 Å². The van der Waals surface area contributed by atoms with Crippen LogP contribution in [0.25, 0.3) is 21.8 Å². The Morgan fingerprint density at radius 2 is 1.39 bits per heavy atom. The highest BCUT2D eigenvalue weighted by atomic mass is 127. The second-order valence-corrected chi connectivity index (χ2v) is 5.28. The Balaban J connectivity index is 2.58. The molecule has 0 aliphatic rings. The standard InChI is InChI=1S/C15H12INO/c16-9-10-17-13-7-3-1-5-11(13)15(18)12-6-2-4-8-14(12)17/h1-8H,9-10H2. The van der Waals surface area contributed by atoms with Gasteiger partial charge in [0, 0.05) is 21.7 Å². The summed E-state index contributed by atoms with van der Waals surface area (Å²) < 4.78 is 3.26. The van der Waals surface area contributed by atoms with Crippen LogP contribution in [-0.2, 0) is 6.54 Å². The monoisotopic (exact) mass is 349 g/mol. The molecule has 0 unspecified atom stereocenters. The van der Waals surface area contributed by atoms with Crippen LogP contribution in [0.5, 0.6) is 0 Å². The molecule has 0 spiro atoms. The molecule has 0 bridgehead atoms. The van der Waals surface area contributed by atoms with Gasteiger partial charge in [-0.25, -0.2) is 0 Å². The van der Waals surface area contributed by atoms with Crippen LogP contribution >= 0.6 is 22.6 Å². The number of aromatic nitrogens is 1. The van der Waals surface area contributed by atoms with E-state index in [1.807, 2.05) is 48.5 Å². The van der Waals surface area contributed by atoms with Gasteiger partial charge in [-0.05, 0) is 24.3 Å². The molecule has 0 amide bonds. The minimum absolute atomic E-state index is 0.130. The molecule has 90 valence electrons. The maximum absolute atomic E-state index is 12.4. The van der Waals surface area contributed by atoms with Crippen molar-refractivity contribution in [1.29, 1.82) is 0 Å². The van der Waals surface area contributed by atoms with Gasteiger partial charge in [-0.1, -0.05) is 46.9 Å². The fourth-order valence-corrected chi connectivity index (χ4v) is 2.88. The van der Waals surface area contributed by atoms with Crippen LogP contribution < -0.4 is 5.43 Å². The molecule has 0 saturated heterocycles. The normalized spacial score (nSPS) is 11.2. The molecule has 2 nitrogen and oxygen atoms in total. The van der Waals surface area contributed by atoms with Crippen LogP contribution in [0.15, 0.2) is 53.3 Å². The zero-order valence-electron chi connectivity index (χ0n) is 9.77. The quantitative estimate of drug-likeness (QED) is 0.394. The number of rotatable bonds is 2. The number of halogens is 1. The first-order valence-electron chi connectivity index (χ1n) is 5.89. The third-order valence-corrected chi connectivity index (χ3v) is 3.67. The lowest BCUT2D eigenvalue weighted by Crippen LogP contribution is -2.11. The molecule has 3 heteroatoms. The maximum Gasteiger partial charge on any atom is 0.197 e. The third kappa shape index (κ3) is 1.73. The molecule has 3 rings (SSSR count). The number of aryl methyl sites for hydroxylation is 1. The van der Waals surface area contributed by atoms with E-state index in [0.29, 0.717) is 0 Å². The van der Waals surface area contributed by atoms with Gasteiger partial charge in [0.25, 0.3) is 0 Å². The molecule has 0 radical (unpaired) electrons. The molecular formula is C15H12INO. The molecule has 0 fully saturated rings. The number of para-hydroxylation sites is 2. The van der Waals surface area contributed by atoms with Crippen molar-refractivity contribution in [2.75, 3.05) is 4.43 Å². The van der Waals surface area contributed by atoms with E-state index >= 15 is 0 Å². The molecule has 1 heterocycles. The van der Waals surface area contributed by atoms with Gasteiger partial charge in [0.1, 0.15) is 0 Å². The Bertz CT molecular complexity index is 716. The molecule has 0 aliphatic heterocycles. The predicted octanol–water partition coefficient (Wildman–Crippen LogP) is 3.59. The zero-order valence-corrected chi connectivity index (χ0v) is 11.9. The van der Waals surface area contributed by atoms with Crippen molar-refractivity contribution in [3.05, 3.63) is 58.8 Å². The summed E-state index contributed by atoms with van der Waals surface area (Å²) in [5.41, 5.74) is 2.18. The Labute approximate surface area is 118 Å². The van der Waals surface area contributed by atoms with Gasteiger partial charge in [0.2, 0.25) is 0 Å². The number of hydrogen-bond donors (Lipinski definition) is 0. The highest BCUT2D eigenvalue weighted by molar-refractivity contribution is 14.1. The lowest BCUT2D eigenvalue weighted by molar-refractivity contribution is 0.842. The number of pyridine rings is 1. The van der Waals surface area contributed by atoms with Gasteiger partial charge in [0.15, 0.2) is 5.43 Å². The fourth-order valence-electron chi connectivity index (χ4n) is 2.40. The fraction of sp³-hybridized carbons (Fsp3) is 0.133. The largest absolute Gasteiger partial charge is 0.340 e. The average molecular weight is 349 g/mol. The lowest BCUT2D eigenvalue weighted by atomic mass is 10.1. The summed E-state index contributed by atoms with van der Waals surface area (Å²) in [7, 11) is 0. The number of hydrogen-bond acceptors (Lipinski definition) is 1. The molecule has 2 aromatic carbocycles. The van der Waals surface area contributed by atoms with Crippen LogP contribution in [0.3, 0.4) is 0 Å². The Hall–Kier alpha value is -1.36. The smallest absolute Gasteiger partial charge is 0.197 e. The molecule has 3 aromatic rings. The summed E-state index contributed by atoms with van der Waals surface area (Å²) >= 11 is 2.37. The average Bonchev–Trinajstić information content (AvgIpc) is 2.43. The van der Waals surface area contributed by atoms with Crippen molar-refractivity contribution in [1.82, 2.24) is 4.57 Å². The molecule has 0 atom stereocenters. The summed E-state index contributed by atoms with van der Waals surface area (Å²) in [4.78, 5) is 12.4. The van der Waals surface area contributed by atoms with E-state index < -0.39 is 0 Å². The highest BCUT2D eigenvalue weighted by Gasteiger charge is 2.08. The first kappa shape index (κ1) is 11.7. The third-order valence-electron chi connectivity index (χ3n) is 3.19. The van der Waals surface area contributed by atoms with Crippen LogP contribution in [0, 0.1) is 0 Å². The second-order valence-electron chi connectivity index (χ2n) is 4.20. The van der Waals surface area contributed by atoms with Gasteiger partial charge in [-0.3, -0.25) is 4.79 Å². The summed E-state index contributed by atoms with van der Waals surface area (Å²) in [5, 5.41) is 1.61. The van der Waals surface area contributed by atoms with Crippen LogP contribution in [0.1, 0.15) is 0 Å². The highest BCUT2D eigenvalue weighted by Crippen LogP contribution is 2.19.